The lowest BCUT2D eigenvalue weighted by atomic mass is 9.65. The lowest BCUT2D eigenvalue weighted by Gasteiger charge is -2.47. The van der Waals surface area contributed by atoms with E-state index in [2.05, 4.69) is 27.7 Å². The topological polar surface area (TPSA) is 109 Å². The number of aliphatic carboxylic acids is 1. The third-order valence-electron chi connectivity index (χ3n) is 8.58. The van der Waals surface area contributed by atoms with Crippen LogP contribution < -0.4 is 20.1 Å². The Balaban J connectivity index is 0.000000541. The summed E-state index contributed by atoms with van der Waals surface area (Å²) in [5.74, 6) is -1.64. The van der Waals surface area contributed by atoms with Crippen molar-refractivity contribution in [1.82, 2.24) is 10.2 Å². The van der Waals surface area contributed by atoms with Crippen molar-refractivity contribution in [1.29, 1.82) is 0 Å². The van der Waals surface area contributed by atoms with E-state index in [1.165, 1.54) is 17.7 Å². The normalized spacial score (nSPS) is 24.2. The van der Waals surface area contributed by atoms with Gasteiger partial charge in [0.2, 0.25) is 0 Å². The van der Waals surface area contributed by atoms with Crippen molar-refractivity contribution >= 4 is 17.7 Å². The van der Waals surface area contributed by atoms with E-state index in [4.69, 9.17) is 24.1 Å². The number of carbonyl (C=O) groups is 2. The summed E-state index contributed by atoms with van der Waals surface area (Å²) in [4.78, 5) is 24.3. The minimum absolute atomic E-state index is 0.00489. The van der Waals surface area contributed by atoms with Gasteiger partial charge in [0.25, 0.3) is 0 Å². The number of hydrogen-bond acceptors (Lipinski definition) is 6. The van der Waals surface area contributed by atoms with Gasteiger partial charge in [0.05, 0.1) is 14.2 Å². The number of methoxy groups -OCH3 is 2. The highest BCUT2D eigenvalue weighted by atomic mass is 19.4. The lowest BCUT2D eigenvalue weighted by molar-refractivity contribution is -0.192. The quantitative estimate of drug-likeness (QED) is 0.379. The molecule has 1 aliphatic carbocycles. The summed E-state index contributed by atoms with van der Waals surface area (Å²) < 4.78 is 62.1. The van der Waals surface area contributed by atoms with Crippen molar-refractivity contribution in [3.63, 3.8) is 0 Å². The van der Waals surface area contributed by atoms with E-state index in [1.54, 1.807) is 26.4 Å². The van der Waals surface area contributed by atoms with Gasteiger partial charge in [-0.05, 0) is 81.0 Å². The molecule has 43 heavy (non-hydrogen) atoms. The average Bonchev–Trinajstić information content (AvgIpc) is 3.37. The number of halogens is 4. The molecule has 3 aliphatic rings. The molecule has 9 nitrogen and oxygen atoms in total. The molecule has 13 heteroatoms. The predicted molar refractivity (Wildman–Crippen MR) is 150 cm³/mol. The van der Waals surface area contributed by atoms with Crippen LogP contribution >= 0.6 is 0 Å². The van der Waals surface area contributed by atoms with Crippen molar-refractivity contribution in [2.75, 3.05) is 39.3 Å². The van der Waals surface area contributed by atoms with E-state index in [-0.39, 0.29) is 23.3 Å². The van der Waals surface area contributed by atoms with Crippen LogP contribution in [0, 0.1) is 5.82 Å². The summed E-state index contributed by atoms with van der Waals surface area (Å²) in [6.07, 6.45) is 0.781. The first kappa shape index (κ1) is 32.3. The van der Waals surface area contributed by atoms with Crippen LogP contribution in [0.4, 0.5) is 28.0 Å². The molecular formula is C30H37F4N3O6. The maximum Gasteiger partial charge on any atom is 0.490 e. The number of anilines is 1. The third-order valence-corrected chi connectivity index (χ3v) is 8.58. The minimum Gasteiger partial charge on any atom is -0.493 e. The molecule has 0 radical (unpaired) electrons. The second kappa shape index (κ2) is 13.8. The molecule has 3 N–H and O–H groups in total. The van der Waals surface area contributed by atoms with E-state index >= 15 is 0 Å². The van der Waals surface area contributed by atoms with Crippen LogP contribution in [-0.4, -0.2) is 80.3 Å². The zero-order valence-corrected chi connectivity index (χ0v) is 24.1. The Morgan fingerprint density at radius 2 is 1.72 bits per heavy atom. The highest BCUT2D eigenvalue weighted by Gasteiger charge is 2.53. The number of carboxylic acid groups (broad SMARTS) is 1. The Kier molecular flexibility index (Phi) is 10.4. The van der Waals surface area contributed by atoms with E-state index in [0.29, 0.717) is 17.8 Å². The number of amides is 2. The van der Waals surface area contributed by atoms with Gasteiger partial charge < -0.3 is 30.0 Å². The fourth-order valence-corrected chi connectivity index (χ4v) is 6.57. The average molecular weight is 612 g/mol. The van der Waals surface area contributed by atoms with Crippen LogP contribution in [0.1, 0.15) is 44.1 Å². The Morgan fingerprint density at radius 3 is 2.35 bits per heavy atom. The number of ether oxygens (including phenoxy) is 3. The van der Waals surface area contributed by atoms with Gasteiger partial charge in [-0.25, -0.2) is 14.0 Å². The van der Waals surface area contributed by atoms with Crippen LogP contribution in [0.15, 0.2) is 42.5 Å². The number of urea groups is 1. The molecule has 2 amide bonds. The van der Waals surface area contributed by atoms with Gasteiger partial charge in [0, 0.05) is 42.4 Å². The molecule has 0 unspecified atom stereocenters. The Labute approximate surface area is 247 Å². The molecule has 2 heterocycles. The van der Waals surface area contributed by atoms with Crippen LogP contribution in [0.3, 0.4) is 0 Å². The van der Waals surface area contributed by atoms with Gasteiger partial charge in [-0.2, -0.15) is 13.2 Å². The number of alkyl halides is 3. The van der Waals surface area contributed by atoms with Crippen molar-refractivity contribution in [3.05, 3.63) is 53.8 Å². The van der Waals surface area contributed by atoms with Crippen molar-refractivity contribution in [3.8, 4) is 11.5 Å². The number of likely N-dealkylation sites (tertiary alicyclic amines) is 1. The standard InChI is InChI=1S/C28H36FN3O4.C2HF3O2/c1-34-24-7-6-19(16-25(24)35-2)28-11-8-22(31-27(33)30-21-5-3-4-20(29)17-21)18-26(28)32(13-12-28)23-9-14-36-15-10-23;3-2(4,5)1(6)7/h3-7,16-17,22-23,26H,8-15,18H2,1-2H3,(H2,30,31,33);(H,6,7)/t22-,26+,28+;/m1./s1. The number of benzene rings is 2. The number of hydrogen-bond donors (Lipinski definition) is 3. The second-order valence-corrected chi connectivity index (χ2v) is 11.0. The van der Waals surface area contributed by atoms with Crippen molar-refractivity contribution < 1.29 is 46.5 Å². The van der Waals surface area contributed by atoms with Gasteiger partial charge in [0.1, 0.15) is 5.82 Å². The second-order valence-electron chi connectivity index (χ2n) is 11.0. The molecule has 0 spiro atoms. The zero-order valence-electron chi connectivity index (χ0n) is 24.1. The smallest absolute Gasteiger partial charge is 0.490 e. The van der Waals surface area contributed by atoms with Crippen LogP contribution in [-0.2, 0) is 14.9 Å². The van der Waals surface area contributed by atoms with Gasteiger partial charge in [0.15, 0.2) is 11.5 Å². The number of fused-ring (bicyclic) bond motifs is 1. The molecule has 2 aliphatic heterocycles. The van der Waals surface area contributed by atoms with E-state index < -0.39 is 12.1 Å². The summed E-state index contributed by atoms with van der Waals surface area (Å²) in [5.41, 5.74) is 1.73. The number of carboxylic acids is 1. The van der Waals surface area contributed by atoms with Crippen LogP contribution in [0.2, 0.25) is 0 Å². The molecule has 2 aromatic rings. The van der Waals surface area contributed by atoms with Crippen molar-refractivity contribution in [2.45, 2.75) is 68.2 Å². The Bertz CT molecular complexity index is 1270. The predicted octanol–water partition coefficient (Wildman–Crippen LogP) is 5.34. The molecule has 0 bridgehead atoms. The number of carbonyl (C=O) groups excluding carboxylic acids is 1. The number of nitrogens with zero attached hydrogens (tertiary/aromatic N) is 1. The fraction of sp³-hybridized carbons (Fsp3) is 0.533. The first-order valence-corrected chi connectivity index (χ1v) is 14.2. The molecule has 0 aromatic heterocycles. The van der Waals surface area contributed by atoms with Gasteiger partial charge in [-0.3, -0.25) is 4.90 Å². The lowest BCUT2D eigenvalue weighted by Crippen LogP contribution is -2.55. The van der Waals surface area contributed by atoms with Crippen LogP contribution in [0.25, 0.3) is 0 Å². The summed E-state index contributed by atoms with van der Waals surface area (Å²) in [6.45, 7) is 2.63. The largest absolute Gasteiger partial charge is 0.493 e. The van der Waals surface area contributed by atoms with Gasteiger partial charge in [-0.15, -0.1) is 0 Å². The number of nitrogens with one attached hydrogen (secondary N) is 2. The maximum absolute atomic E-state index is 13.5. The van der Waals surface area contributed by atoms with E-state index in [0.717, 1.165) is 69.8 Å². The van der Waals surface area contributed by atoms with Crippen LogP contribution in [0.5, 0.6) is 11.5 Å². The summed E-state index contributed by atoms with van der Waals surface area (Å²) in [5, 5.41) is 13.1. The maximum atomic E-state index is 13.5. The molecule has 2 saturated heterocycles. The van der Waals surface area contributed by atoms with Crippen molar-refractivity contribution in [2.24, 2.45) is 0 Å². The van der Waals surface area contributed by atoms with E-state index in [9.17, 15) is 22.4 Å². The fourth-order valence-electron chi connectivity index (χ4n) is 6.57. The highest BCUT2D eigenvalue weighted by molar-refractivity contribution is 5.89. The Morgan fingerprint density at radius 1 is 1.02 bits per heavy atom. The minimum atomic E-state index is -5.08. The SMILES string of the molecule is COc1ccc([C@@]23CC[C@@H](NC(=O)Nc4cccc(F)c4)C[C@@H]2N(C2CCOCC2)CC3)cc1OC.O=C(O)C(F)(F)F. The first-order valence-electron chi connectivity index (χ1n) is 14.2. The molecule has 236 valence electrons. The summed E-state index contributed by atoms with van der Waals surface area (Å²) >= 11 is 0. The summed E-state index contributed by atoms with van der Waals surface area (Å²) in [6, 6.07) is 12.8. The zero-order chi connectivity index (χ0) is 31.2. The third kappa shape index (κ3) is 7.69. The summed E-state index contributed by atoms with van der Waals surface area (Å²) in [7, 11) is 3.34. The molecule has 3 atom stereocenters. The molecule has 5 rings (SSSR count). The monoisotopic (exact) mass is 611 g/mol. The van der Waals surface area contributed by atoms with Gasteiger partial charge in [-0.1, -0.05) is 12.1 Å². The highest BCUT2D eigenvalue weighted by Crippen LogP contribution is 2.51. The Hall–Kier alpha value is -3.58. The molecular weight excluding hydrogens is 574 g/mol. The molecule has 1 saturated carbocycles. The molecule has 2 aromatic carbocycles. The first-order chi connectivity index (χ1) is 20.5. The van der Waals surface area contributed by atoms with Gasteiger partial charge >= 0.3 is 18.2 Å². The molecule has 3 fully saturated rings. The van der Waals surface area contributed by atoms with E-state index in [1.807, 2.05) is 6.07 Å². The number of rotatable bonds is 6.